The van der Waals surface area contributed by atoms with Crippen molar-refractivity contribution in [1.82, 2.24) is 4.98 Å². The van der Waals surface area contributed by atoms with Crippen LogP contribution in [0.25, 0.3) is 11.1 Å². The van der Waals surface area contributed by atoms with E-state index in [-0.39, 0.29) is 17.2 Å². The van der Waals surface area contributed by atoms with E-state index >= 15 is 0 Å². The number of fused-ring (bicyclic) bond motifs is 1. The first-order valence-corrected chi connectivity index (χ1v) is 6.59. The summed E-state index contributed by atoms with van der Waals surface area (Å²) in [4.78, 5) is 27.7. The molecule has 0 aliphatic carbocycles. The van der Waals surface area contributed by atoms with Crippen LogP contribution in [0, 0.1) is 0 Å². The standard InChI is InChI=1S/C16H11NO6/c1-20-16(19)23-12-11-8-5-9-17-14(11)22-13(12)15(18)21-10-6-3-2-4-7-10/h2-9H,1H3. The lowest BCUT2D eigenvalue weighted by Gasteiger charge is -2.04. The average Bonchev–Trinajstić information content (AvgIpc) is 2.94. The van der Waals surface area contributed by atoms with Gasteiger partial charge in [-0.25, -0.2) is 14.6 Å². The Balaban J connectivity index is 2.00. The van der Waals surface area contributed by atoms with Gasteiger partial charge < -0.3 is 18.6 Å². The van der Waals surface area contributed by atoms with Crippen LogP contribution in [-0.2, 0) is 4.74 Å². The molecule has 2 heterocycles. The Morgan fingerprint density at radius 2 is 1.83 bits per heavy atom. The Labute approximate surface area is 130 Å². The number of methoxy groups -OCH3 is 1. The SMILES string of the molecule is COC(=O)Oc1c(C(=O)Oc2ccccc2)oc2ncccc12. The quantitative estimate of drug-likeness (QED) is 0.542. The lowest BCUT2D eigenvalue weighted by molar-refractivity contribution is 0.0696. The van der Waals surface area contributed by atoms with Crippen molar-refractivity contribution in [3.05, 3.63) is 54.4 Å². The number of rotatable bonds is 3. The van der Waals surface area contributed by atoms with Gasteiger partial charge in [-0.1, -0.05) is 18.2 Å². The molecule has 0 radical (unpaired) electrons. The molecule has 0 aliphatic rings. The second-order valence-corrected chi connectivity index (χ2v) is 4.38. The average molecular weight is 313 g/mol. The number of carbonyl (C=O) groups excluding carboxylic acids is 2. The van der Waals surface area contributed by atoms with E-state index in [1.807, 2.05) is 0 Å². The number of hydrogen-bond donors (Lipinski definition) is 0. The van der Waals surface area contributed by atoms with Crippen LogP contribution >= 0.6 is 0 Å². The summed E-state index contributed by atoms with van der Waals surface area (Å²) in [6, 6.07) is 11.7. The van der Waals surface area contributed by atoms with Gasteiger partial charge in [-0.15, -0.1) is 0 Å². The third-order valence-electron chi connectivity index (χ3n) is 2.91. The van der Waals surface area contributed by atoms with Gasteiger partial charge in [0.1, 0.15) is 5.75 Å². The van der Waals surface area contributed by atoms with Crippen molar-refractivity contribution in [1.29, 1.82) is 0 Å². The molecule has 0 N–H and O–H groups in total. The van der Waals surface area contributed by atoms with Gasteiger partial charge in [-0.3, -0.25) is 0 Å². The number of para-hydroxylation sites is 1. The molecule has 0 saturated heterocycles. The molecule has 23 heavy (non-hydrogen) atoms. The molecule has 1 aromatic carbocycles. The maximum Gasteiger partial charge on any atom is 0.513 e. The number of pyridine rings is 1. The Bertz CT molecular complexity index is 855. The van der Waals surface area contributed by atoms with Crippen LogP contribution in [0.2, 0.25) is 0 Å². The van der Waals surface area contributed by atoms with Crippen molar-refractivity contribution in [2.45, 2.75) is 0 Å². The second kappa shape index (κ2) is 6.18. The highest BCUT2D eigenvalue weighted by Crippen LogP contribution is 2.33. The number of benzene rings is 1. The molecule has 0 atom stereocenters. The number of furan rings is 1. The van der Waals surface area contributed by atoms with E-state index in [0.29, 0.717) is 11.1 Å². The third kappa shape index (κ3) is 2.98. The molecule has 0 saturated carbocycles. The maximum atomic E-state index is 12.3. The lowest BCUT2D eigenvalue weighted by Crippen LogP contribution is -2.13. The Morgan fingerprint density at radius 3 is 2.57 bits per heavy atom. The minimum Gasteiger partial charge on any atom is -0.437 e. The van der Waals surface area contributed by atoms with Gasteiger partial charge in [0.05, 0.1) is 12.5 Å². The van der Waals surface area contributed by atoms with E-state index in [9.17, 15) is 9.59 Å². The molecule has 0 amide bonds. The zero-order valence-corrected chi connectivity index (χ0v) is 12.0. The fraction of sp³-hybridized carbons (Fsp3) is 0.0625. The monoisotopic (exact) mass is 313 g/mol. The first-order chi connectivity index (χ1) is 11.2. The van der Waals surface area contributed by atoms with E-state index in [4.69, 9.17) is 13.9 Å². The molecule has 0 spiro atoms. The summed E-state index contributed by atoms with van der Waals surface area (Å²) in [5.74, 6) is -0.850. The molecular weight excluding hydrogens is 302 g/mol. The first-order valence-electron chi connectivity index (χ1n) is 6.59. The van der Waals surface area contributed by atoms with Crippen molar-refractivity contribution in [3.8, 4) is 11.5 Å². The Kier molecular flexibility index (Phi) is 3.92. The number of nitrogens with zero attached hydrogens (tertiary/aromatic N) is 1. The Morgan fingerprint density at radius 1 is 1.04 bits per heavy atom. The zero-order valence-electron chi connectivity index (χ0n) is 12.0. The van der Waals surface area contributed by atoms with E-state index in [1.165, 1.54) is 6.20 Å². The van der Waals surface area contributed by atoms with Crippen LogP contribution in [0.5, 0.6) is 11.5 Å². The highest BCUT2D eigenvalue weighted by molar-refractivity contribution is 5.99. The zero-order chi connectivity index (χ0) is 16.2. The summed E-state index contributed by atoms with van der Waals surface area (Å²) in [5.41, 5.74) is 0.145. The Hall–Kier alpha value is -3.35. The van der Waals surface area contributed by atoms with Gasteiger partial charge >= 0.3 is 12.1 Å². The van der Waals surface area contributed by atoms with Crippen molar-refractivity contribution >= 4 is 23.2 Å². The molecular formula is C16H11NO6. The van der Waals surface area contributed by atoms with Crippen molar-refractivity contribution in [2.24, 2.45) is 0 Å². The molecule has 116 valence electrons. The van der Waals surface area contributed by atoms with Crippen molar-refractivity contribution < 1.29 is 28.2 Å². The molecule has 3 rings (SSSR count). The molecule has 0 fully saturated rings. The molecule has 3 aromatic rings. The molecule has 0 aliphatic heterocycles. The molecule has 7 nitrogen and oxygen atoms in total. The number of hydrogen-bond acceptors (Lipinski definition) is 7. The van der Waals surface area contributed by atoms with Crippen molar-refractivity contribution in [2.75, 3.05) is 7.11 Å². The van der Waals surface area contributed by atoms with Crippen LogP contribution in [0.3, 0.4) is 0 Å². The topological polar surface area (TPSA) is 87.9 Å². The van der Waals surface area contributed by atoms with Crippen LogP contribution in [-0.4, -0.2) is 24.2 Å². The van der Waals surface area contributed by atoms with Gasteiger partial charge in [0.25, 0.3) is 5.76 Å². The van der Waals surface area contributed by atoms with Crippen LogP contribution in [0.15, 0.2) is 53.1 Å². The summed E-state index contributed by atoms with van der Waals surface area (Å²) in [6.45, 7) is 0. The summed E-state index contributed by atoms with van der Waals surface area (Å²) in [5, 5.41) is 0.359. The van der Waals surface area contributed by atoms with Crippen molar-refractivity contribution in [3.63, 3.8) is 0 Å². The van der Waals surface area contributed by atoms with Crippen LogP contribution in [0.4, 0.5) is 4.79 Å². The van der Waals surface area contributed by atoms with E-state index in [0.717, 1.165) is 7.11 Å². The van der Waals surface area contributed by atoms with Gasteiger partial charge in [0.2, 0.25) is 5.71 Å². The fourth-order valence-electron chi connectivity index (χ4n) is 1.91. The second-order valence-electron chi connectivity index (χ2n) is 4.38. The normalized spacial score (nSPS) is 10.3. The third-order valence-corrected chi connectivity index (χ3v) is 2.91. The van der Waals surface area contributed by atoms with Crippen LogP contribution in [0.1, 0.15) is 10.6 Å². The summed E-state index contributed by atoms with van der Waals surface area (Å²) in [7, 11) is 1.16. The summed E-state index contributed by atoms with van der Waals surface area (Å²) >= 11 is 0. The van der Waals surface area contributed by atoms with Gasteiger partial charge in [-0.05, 0) is 24.3 Å². The predicted molar refractivity (Wildman–Crippen MR) is 78.4 cm³/mol. The number of aromatic nitrogens is 1. The predicted octanol–water partition coefficient (Wildman–Crippen LogP) is 3.19. The van der Waals surface area contributed by atoms with E-state index < -0.39 is 12.1 Å². The number of ether oxygens (including phenoxy) is 3. The fourth-order valence-corrected chi connectivity index (χ4v) is 1.91. The van der Waals surface area contributed by atoms with Gasteiger partial charge in [0.15, 0.2) is 5.75 Å². The van der Waals surface area contributed by atoms with Gasteiger partial charge in [0, 0.05) is 6.20 Å². The molecule has 0 bridgehead atoms. The summed E-state index contributed by atoms with van der Waals surface area (Å²) in [6.07, 6.45) is 0.505. The van der Waals surface area contributed by atoms with Gasteiger partial charge in [-0.2, -0.15) is 0 Å². The number of carbonyl (C=O) groups is 2. The highest BCUT2D eigenvalue weighted by atomic mass is 16.7. The maximum absolute atomic E-state index is 12.3. The van der Waals surface area contributed by atoms with Crippen LogP contribution < -0.4 is 9.47 Å². The first kappa shape index (κ1) is 14.6. The van der Waals surface area contributed by atoms with E-state index in [1.54, 1.807) is 42.5 Å². The molecule has 0 unspecified atom stereocenters. The summed E-state index contributed by atoms with van der Waals surface area (Å²) < 4.78 is 20.0. The smallest absolute Gasteiger partial charge is 0.437 e. The minimum absolute atomic E-state index is 0.0964. The minimum atomic E-state index is -0.981. The molecule has 7 heteroatoms. The van der Waals surface area contributed by atoms with E-state index in [2.05, 4.69) is 9.72 Å². The highest BCUT2D eigenvalue weighted by Gasteiger charge is 2.26. The molecule has 2 aromatic heterocycles. The number of esters is 1. The lowest BCUT2D eigenvalue weighted by atomic mass is 10.3. The largest absolute Gasteiger partial charge is 0.513 e.